The molecule has 0 bridgehead atoms. The van der Waals surface area contributed by atoms with Crippen molar-refractivity contribution in [2.45, 2.75) is 6.92 Å². The summed E-state index contributed by atoms with van der Waals surface area (Å²) in [6, 6.07) is 1.69. The minimum absolute atomic E-state index is 0.322. The van der Waals surface area contributed by atoms with Crippen molar-refractivity contribution in [1.82, 2.24) is 0 Å². The number of hydrogen-bond acceptors (Lipinski definition) is 1. The second-order valence-corrected chi connectivity index (χ2v) is 3.36. The van der Waals surface area contributed by atoms with Crippen LogP contribution in [0.15, 0.2) is 6.07 Å². The number of benzene rings is 1. The van der Waals surface area contributed by atoms with Gasteiger partial charge in [0, 0.05) is 0 Å². The first-order valence-corrected chi connectivity index (χ1v) is 4.07. The van der Waals surface area contributed by atoms with Crippen molar-refractivity contribution in [3.05, 3.63) is 26.7 Å². The molecule has 0 amide bonds. The summed E-state index contributed by atoms with van der Waals surface area (Å²) in [5.41, 5.74) is 6.80. The van der Waals surface area contributed by atoms with Crippen molar-refractivity contribution in [3.63, 3.8) is 0 Å². The van der Waals surface area contributed by atoms with Crippen molar-refractivity contribution >= 4 is 40.5 Å². The van der Waals surface area contributed by atoms with E-state index in [9.17, 15) is 0 Å². The predicted molar refractivity (Wildman–Crippen MR) is 50.6 cm³/mol. The van der Waals surface area contributed by atoms with Gasteiger partial charge >= 0.3 is 0 Å². The number of nitrogens with two attached hydrogens (primary N) is 1. The summed E-state index contributed by atoms with van der Waals surface area (Å²) in [6.45, 7) is 1.82. The maximum atomic E-state index is 5.78. The smallest absolute Gasteiger partial charge is 0.0836 e. The molecule has 0 radical (unpaired) electrons. The number of hydrogen-bond donors (Lipinski definition) is 1. The normalized spacial score (nSPS) is 10.2. The Kier molecular flexibility index (Phi) is 2.53. The molecule has 0 aliphatic heterocycles. The van der Waals surface area contributed by atoms with Gasteiger partial charge in [0.2, 0.25) is 0 Å². The second kappa shape index (κ2) is 3.10. The third kappa shape index (κ3) is 1.56. The molecule has 0 saturated heterocycles. The van der Waals surface area contributed by atoms with Gasteiger partial charge in [-0.1, -0.05) is 34.8 Å². The molecule has 0 heterocycles. The van der Waals surface area contributed by atoms with Crippen molar-refractivity contribution in [2.75, 3.05) is 5.73 Å². The lowest BCUT2D eigenvalue weighted by atomic mass is 10.2. The fourth-order valence-corrected chi connectivity index (χ4v) is 1.36. The molecule has 1 nitrogen and oxygen atoms in total. The molecular weight excluding hydrogens is 204 g/mol. The zero-order valence-electron chi connectivity index (χ0n) is 5.79. The van der Waals surface area contributed by atoms with Crippen LogP contribution in [0.3, 0.4) is 0 Å². The SMILES string of the molecule is Cc1cc(N)c(Cl)c(Cl)c1Cl. The molecule has 0 saturated carbocycles. The highest BCUT2D eigenvalue weighted by atomic mass is 35.5. The average molecular weight is 210 g/mol. The van der Waals surface area contributed by atoms with Crippen LogP contribution < -0.4 is 5.73 Å². The molecule has 0 aliphatic rings. The Morgan fingerprint density at radius 1 is 1.09 bits per heavy atom. The highest BCUT2D eigenvalue weighted by Gasteiger charge is 2.08. The van der Waals surface area contributed by atoms with Gasteiger partial charge in [-0.15, -0.1) is 0 Å². The summed E-state index contributed by atoms with van der Waals surface area (Å²) in [5, 5.41) is 1.11. The lowest BCUT2D eigenvalue weighted by Crippen LogP contribution is -1.89. The first-order valence-electron chi connectivity index (χ1n) is 2.93. The average Bonchev–Trinajstić information content (AvgIpc) is 1.97. The van der Waals surface area contributed by atoms with Gasteiger partial charge in [-0.3, -0.25) is 0 Å². The van der Waals surface area contributed by atoms with E-state index in [1.807, 2.05) is 6.92 Å². The van der Waals surface area contributed by atoms with Gasteiger partial charge < -0.3 is 5.73 Å². The molecule has 0 unspecified atom stereocenters. The van der Waals surface area contributed by atoms with Crippen LogP contribution in [-0.2, 0) is 0 Å². The van der Waals surface area contributed by atoms with E-state index in [0.717, 1.165) is 5.56 Å². The number of aryl methyl sites for hydroxylation is 1. The Balaban J connectivity index is 3.46. The molecular formula is C7H6Cl3N. The van der Waals surface area contributed by atoms with Crippen LogP contribution in [0.5, 0.6) is 0 Å². The topological polar surface area (TPSA) is 26.0 Å². The molecule has 0 atom stereocenters. The largest absolute Gasteiger partial charge is 0.397 e. The summed E-state index contributed by atoms with van der Waals surface area (Å²) < 4.78 is 0. The number of nitrogen functional groups attached to an aromatic ring is 1. The van der Waals surface area contributed by atoms with Crippen molar-refractivity contribution < 1.29 is 0 Å². The zero-order chi connectivity index (χ0) is 8.59. The summed E-state index contributed by atoms with van der Waals surface area (Å²) in [4.78, 5) is 0. The maximum Gasteiger partial charge on any atom is 0.0836 e. The highest BCUT2D eigenvalue weighted by molar-refractivity contribution is 6.49. The van der Waals surface area contributed by atoms with E-state index in [-0.39, 0.29) is 0 Å². The van der Waals surface area contributed by atoms with Crippen LogP contribution in [0, 0.1) is 6.92 Å². The third-order valence-corrected chi connectivity index (χ3v) is 2.82. The molecule has 1 aromatic carbocycles. The van der Waals surface area contributed by atoms with E-state index in [0.29, 0.717) is 20.8 Å². The van der Waals surface area contributed by atoms with Gasteiger partial charge in [-0.2, -0.15) is 0 Å². The van der Waals surface area contributed by atoms with Crippen LogP contribution in [0.4, 0.5) is 5.69 Å². The van der Waals surface area contributed by atoms with Gasteiger partial charge in [0.25, 0.3) is 0 Å². The zero-order valence-corrected chi connectivity index (χ0v) is 8.06. The molecule has 4 heteroatoms. The fraction of sp³-hybridized carbons (Fsp3) is 0.143. The molecule has 2 N–H and O–H groups in total. The summed E-state index contributed by atoms with van der Waals surface area (Å²) >= 11 is 17.2. The summed E-state index contributed by atoms with van der Waals surface area (Å²) in [5.74, 6) is 0. The molecule has 0 fully saturated rings. The lowest BCUT2D eigenvalue weighted by molar-refractivity contribution is 1.47. The van der Waals surface area contributed by atoms with Crippen LogP contribution >= 0.6 is 34.8 Å². The fourth-order valence-electron chi connectivity index (χ4n) is 0.756. The molecule has 0 aromatic heterocycles. The Hall–Kier alpha value is -0.110. The van der Waals surface area contributed by atoms with Crippen LogP contribution in [0.25, 0.3) is 0 Å². The maximum absolute atomic E-state index is 5.78. The first-order chi connectivity index (χ1) is 5.04. The lowest BCUT2D eigenvalue weighted by Gasteiger charge is -2.05. The Labute approximate surface area is 80.0 Å². The van der Waals surface area contributed by atoms with E-state index in [2.05, 4.69) is 0 Å². The first kappa shape index (κ1) is 8.98. The number of rotatable bonds is 0. The monoisotopic (exact) mass is 209 g/mol. The highest BCUT2D eigenvalue weighted by Crippen LogP contribution is 2.36. The van der Waals surface area contributed by atoms with Gasteiger partial charge in [-0.05, 0) is 18.6 Å². The van der Waals surface area contributed by atoms with E-state index < -0.39 is 0 Å². The Morgan fingerprint density at radius 2 is 1.64 bits per heavy atom. The van der Waals surface area contributed by atoms with Gasteiger partial charge in [-0.25, -0.2) is 0 Å². The van der Waals surface area contributed by atoms with Gasteiger partial charge in [0.05, 0.1) is 20.8 Å². The summed E-state index contributed by atoms with van der Waals surface area (Å²) in [7, 11) is 0. The van der Waals surface area contributed by atoms with Crippen LogP contribution in [0.2, 0.25) is 15.1 Å². The van der Waals surface area contributed by atoms with Crippen molar-refractivity contribution in [1.29, 1.82) is 0 Å². The standard InChI is InChI=1S/C7H6Cl3N/c1-3-2-4(11)6(9)7(10)5(3)8/h2H,11H2,1H3. The van der Waals surface area contributed by atoms with Crippen LogP contribution in [-0.4, -0.2) is 0 Å². The van der Waals surface area contributed by atoms with E-state index >= 15 is 0 Å². The van der Waals surface area contributed by atoms with Gasteiger partial charge in [0.15, 0.2) is 0 Å². The Morgan fingerprint density at radius 3 is 2.18 bits per heavy atom. The molecule has 0 aliphatic carbocycles. The molecule has 60 valence electrons. The minimum Gasteiger partial charge on any atom is -0.397 e. The van der Waals surface area contributed by atoms with Gasteiger partial charge in [0.1, 0.15) is 0 Å². The van der Waals surface area contributed by atoms with Crippen LogP contribution in [0.1, 0.15) is 5.56 Å². The van der Waals surface area contributed by atoms with E-state index in [4.69, 9.17) is 40.5 Å². The predicted octanol–water partition coefficient (Wildman–Crippen LogP) is 3.54. The second-order valence-electron chi connectivity index (χ2n) is 2.22. The molecule has 1 aromatic rings. The minimum atomic E-state index is 0.322. The van der Waals surface area contributed by atoms with E-state index in [1.54, 1.807) is 6.07 Å². The van der Waals surface area contributed by atoms with Crippen molar-refractivity contribution in [2.24, 2.45) is 0 Å². The summed E-state index contributed by atoms with van der Waals surface area (Å²) in [6.07, 6.45) is 0. The molecule has 0 spiro atoms. The third-order valence-electron chi connectivity index (χ3n) is 1.36. The molecule has 11 heavy (non-hydrogen) atoms. The molecule has 1 rings (SSSR count). The number of halogens is 3. The Bertz CT molecular complexity index is 270. The van der Waals surface area contributed by atoms with Crippen molar-refractivity contribution in [3.8, 4) is 0 Å². The van der Waals surface area contributed by atoms with E-state index in [1.165, 1.54) is 0 Å². The quantitative estimate of drug-likeness (QED) is 0.514. The number of anilines is 1.